The molecule has 1 nitrogen and oxygen atoms in total. The second kappa shape index (κ2) is 4.12. The number of rotatable bonds is 1. The van der Waals surface area contributed by atoms with Crippen LogP contribution in [0.2, 0.25) is 0 Å². The smallest absolute Gasteiger partial charge is 0.241 e. The molecule has 1 heterocycles. The van der Waals surface area contributed by atoms with Gasteiger partial charge in [-0.05, 0) is 63.7 Å². The maximum atomic E-state index is 12.3. The van der Waals surface area contributed by atoms with Crippen molar-refractivity contribution in [3.05, 3.63) is 24.6 Å². The fraction of sp³-hybridized carbons (Fsp3) is 0.286. The van der Waals surface area contributed by atoms with E-state index in [4.69, 9.17) is 0 Å². The molecule has 0 aliphatic carbocycles. The van der Waals surface area contributed by atoms with Gasteiger partial charge in [0.05, 0.1) is 0 Å². The Labute approximate surface area is 96.2 Å². The van der Waals surface area contributed by atoms with Gasteiger partial charge in [-0.25, -0.2) is 13.8 Å². The van der Waals surface area contributed by atoms with Gasteiger partial charge in [0.25, 0.3) is 6.43 Å². The predicted octanol–water partition coefficient (Wildman–Crippen LogP) is 3.54. The summed E-state index contributed by atoms with van der Waals surface area (Å²) in [5.41, 5.74) is 0.470. The van der Waals surface area contributed by atoms with E-state index in [2.05, 4.69) is 4.98 Å². The minimum atomic E-state index is -2.48. The summed E-state index contributed by atoms with van der Waals surface area (Å²) < 4.78 is 26.1. The van der Waals surface area contributed by atoms with Crippen LogP contribution in [-0.4, -0.2) is 4.98 Å². The molecule has 12 heavy (non-hydrogen) atoms. The summed E-state index contributed by atoms with van der Waals surface area (Å²) in [5, 5.41) is 0. The van der Waals surface area contributed by atoms with Crippen LogP contribution in [0, 0.1) is 14.2 Å². The van der Waals surface area contributed by atoms with Gasteiger partial charge in [-0.3, -0.25) is 0 Å². The maximum absolute atomic E-state index is 12.3. The lowest BCUT2D eigenvalue weighted by Crippen LogP contribution is -1.99. The Hall–Kier alpha value is 0.470. The Morgan fingerprint density at radius 2 is 2.00 bits per heavy atom. The third-order valence-corrected chi connectivity index (χ3v) is 3.10. The van der Waals surface area contributed by atoms with Crippen molar-refractivity contribution in [1.29, 1.82) is 0 Å². The van der Waals surface area contributed by atoms with Crippen molar-refractivity contribution in [3.63, 3.8) is 0 Å². The van der Waals surface area contributed by atoms with E-state index in [1.54, 1.807) is 13.0 Å². The third kappa shape index (κ3) is 2.24. The second-order valence-electron chi connectivity index (χ2n) is 2.24. The Morgan fingerprint density at radius 3 is 2.50 bits per heavy atom. The first-order chi connectivity index (χ1) is 5.52. The molecule has 0 aliphatic heterocycles. The van der Waals surface area contributed by atoms with Gasteiger partial charge in [-0.2, -0.15) is 0 Å². The van der Waals surface area contributed by atoms with Crippen LogP contribution in [0.5, 0.6) is 0 Å². The SMILES string of the molecule is Cc1c(I)cc(I)nc1C(F)F. The molecule has 1 aromatic rings. The van der Waals surface area contributed by atoms with Crippen molar-refractivity contribution in [1.82, 2.24) is 4.98 Å². The van der Waals surface area contributed by atoms with Gasteiger partial charge in [0.1, 0.15) is 9.39 Å². The van der Waals surface area contributed by atoms with Crippen LogP contribution in [0.15, 0.2) is 6.07 Å². The standard InChI is InChI=1S/C7H5F2I2N/c1-3-4(10)2-5(11)12-6(3)7(8)9/h2,7H,1H3. The Kier molecular flexibility index (Phi) is 3.62. The summed E-state index contributed by atoms with van der Waals surface area (Å²) in [6.45, 7) is 1.66. The molecular formula is C7H5F2I2N. The zero-order chi connectivity index (χ0) is 9.30. The van der Waals surface area contributed by atoms with E-state index in [0.29, 0.717) is 9.26 Å². The molecule has 0 spiro atoms. The fourth-order valence-electron chi connectivity index (χ4n) is 0.779. The van der Waals surface area contributed by atoms with Crippen LogP contribution < -0.4 is 0 Å². The van der Waals surface area contributed by atoms with Gasteiger partial charge in [-0.1, -0.05) is 0 Å². The molecule has 1 aromatic heterocycles. The molecule has 0 aliphatic rings. The van der Waals surface area contributed by atoms with Crippen LogP contribution in [0.25, 0.3) is 0 Å². The first-order valence-electron chi connectivity index (χ1n) is 3.13. The minimum Gasteiger partial charge on any atom is -0.241 e. The van der Waals surface area contributed by atoms with E-state index < -0.39 is 6.43 Å². The minimum absolute atomic E-state index is 0.105. The molecule has 5 heteroatoms. The zero-order valence-corrected chi connectivity index (χ0v) is 10.4. The average molecular weight is 395 g/mol. The molecule has 0 bridgehead atoms. The van der Waals surface area contributed by atoms with Gasteiger partial charge < -0.3 is 0 Å². The molecule has 66 valence electrons. The van der Waals surface area contributed by atoms with Gasteiger partial charge in [-0.15, -0.1) is 0 Å². The number of pyridine rings is 1. The number of nitrogens with zero attached hydrogens (tertiary/aromatic N) is 1. The topological polar surface area (TPSA) is 12.9 Å². The van der Waals surface area contributed by atoms with Gasteiger partial charge in [0.2, 0.25) is 0 Å². The highest BCUT2D eigenvalue weighted by molar-refractivity contribution is 14.1. The summed E-state index contributed by atoms with van der Waals surface area (Å²) in [6, 6.07) is 1.78. The molecule has 0 amide bonds. The van der Waals surface area contributed by atoms with Crippen molar-refractivity contribution in [2.45, 2.75) is 13.3 Å². The van der Waals surface area contributed by atoms with Crippen molar-refractivity contribution < 1.29 is 8.78 Å². The number of alkyl halides is 2. The van der Waals surface area contributed by atoms with E-state index in [-0.39, 0.29) is 5.69 Å². The number of hydrogen-bond acceptors (Lipinski definition) is 1. The van der Waals surface area contributed by atoms with Crippen LogP contribution in [0.1, 0.15) is 17.7 Å². The molecule has 0 radical (unpaired) electrons. The predicted molar refractivity (Wildman–Crippen MR) is 59.4 cm³/mol. The summed E-state index contributed by atoms with van der Waals surface area (Å²) in [5.74, 6) is 0. The molecule has 0 atom stereocenters. The maximum Gasteiger partial charge on any atom is 0.280 e. The summed E-state index contributed by atoms with van der Waals surface area (Å²) in [6.07, 6.45) is -2.48. The van der Waals surface area contributed by atoms with Crippen molar-refractivity contribution >= 4 is 45.2 Å². The number of hydrogen-bond donors (Lipinski definition) is 0. The Morgan fingerprint density at radius 1 is 1.42 bits per heavy atom. The van der Waals surface area contributed by atoms with E-state index in [1.807, 2.05) is 45.2 Å². The van der Waals surface area contributed by atoms with Crippen LogP contribution in [-0.2, 0) is 0 Å². The molecule has 0 N–H and O–H groups in total. The molecule has 0 unspecified atom stereocenters. The van der Waals surface area contributed by atoms with Crippen molar-refractivity contribution in [3.8, 4) is 0 Å². The van der Waals surface area contributed by atoms with E-state index >= 15 is 0 Å². The third-order valence-electron chi connectivity index (χ3n) is 1.42. The fourth-order valence-corrected chi connectivity index (χ4v) is 2.52. The van der Waals surface area contributed by atoms with E-state index in [0.717, 1.165) is 3.57 Å². The number of halogens is 4. The largest absolute Gasteiger partial charge is 0.280 e. The number of aromatic nitrogens is 1. The van der Waals surface area contributed by atoms with Crippen LogP contribution in [0.4, 0.5) is 8.78 Å². The Bertz CT molecular complexity index is 302. The second-order valence-corrected chi connectivity index (χ2v) is 4.51. The van der Waals surface area contributed by atoms with Gasteiger partial charge in [0, 0.05) is 3.57 Å². The normalized spacial score (nSPS) is 10.8. The lowest BCUT2D eigenvalue weighted by atomic mass is 10.2. The first kappa shape index (κ1) is 10.6. The first-order valence-corrected chi connectivity index (χ1v) is 5.29. The van der Waals surface area contributed by atoms with Crippen LogP contribution in [0.3, 0.4) is 0 Å². The van der Waals surface area contributed by atoms with Crippen LogP contribution >= 0.6 is 45.2 Å². The molecule has 1 rings (SSSR count). The lowest BCUT2D eigenvalue weighted by molar-refractivity contribution is 0.145. The highest BCUT2D eigenvalue weighted by Crippen LogP contribution is 2.25. The molecule has 0 saturated heterocycles. The van der Waals surface area contributed by atoms with Crippen molar-refractivity contribution in [2.24, 2.45) is 0 Å². The average Bonchev–Trinajstić information content (AvgIpc) is 1.96. The molecule has 0 saturated carbocycles. The highest BCUT2D eigenvalue weighted by atomic mass is 127. The quantitative estimate of drug-likeness (QED) is 0.524. The summed E-state index contributed by atoms with van der Waals surface area (Å²) >= 11 is 3.96. The molecule has 0 fully saturated rings. The van der Waals surface area contributed by atoms with E-state index in [1.165, 1.54) is 0 Å². The lowest BCUT2D eigenvalue weighted by Gasteiger charge is -2.05. The summed E-state index contributed by atoms with van der Waals surface area (Å²) in [4.78, 5) is 3.76. The highest BCUT2D eigenvalue weighted by Gasteiger charge is 2.14. The van der Waals surface area contributed by atoms with E-state index in [9.17, 15) is 8.78 Å². The molecule has 0 aromatic carbocycles. The molecular weight excluding hydrogens is 390 g/mol. The summed E-state index contributed by atoms with van der Waals surface area (Å²) in [7, 11) is 0. The van der Waals surface area contributed by atoms with Crippen molar-refractivity contribution in [2.75, 3.05) is 0 Å². The van der Waals surface area contributed by atoms with Gasteiger partial charge in [0.15, 0.2) is 0 Å². The van der Waals surface area contributed by atoms with Gasteiger partial charge >= 0.3 is 0 Å². The zero-order valence-electron chi connectivity index (χ0n) is 6.11. The monoisotopic (exact) mass is 395 g/mol. The Balaban J connectivity index is 3.28.